The first-order valence-electron chi connectivity index (χ1n) is 10.4. The SMILES string of the molecule is NCCC1(N(CC(=O)O)CC(=O)O)CN(CC(=O)O)C2CCCCC2N(CC(=O)O)C1. The van der Waals surface area contributed by atoms with Crippen LogP contribution in [-0.2, 0) is 19.2 Å². The lowest BCUT2D eigenvalue weighted by atomic mass is 9.88. The number of nitrogens with two attached hydrogens (primary N) is 1. The Bertz CT molecular complexity index is 638. The van der Waals surface area contributed by atoms with Crippen molar-refractivity contribution in [3.05, 3.63) is 0 Å². The zero-order valence-electron chi connectivity index (χ0n) is 17.5. The van der Waals surface area contributed by atoms with Gasteiger partial charge in [0.25, 0.3) is 0 Å². The summed E-state index contributed by atoms with van der Waals surface area (Å²) in [7, 11) is 0. The van der Waals surface area contributed by atoms with Gasteiger partial charge < -0.3 is 26.2 Å². The first kappa shape index (κ1) is 25.0. The van der Waals surface area contributed by atoms with Gasteiger partial charge in [0.05, 0.1) is 26.2 Å². The summed E-state index contributed by atoms with van der Waals surface area (Å²) in [6.07, 6.45) is 3.31. The molecule has 0 bridgehead atoms. The number of hydrogen-bond donors (Lipinski definition) is 5. The second-order valence-corrected chi connectivity index (χ2v) is 8.42. The predicted octanol–water partition coefficient (Wildman–Crippen LogP) is -1.36. The van der Waals surface area contributed by atoms with E-state index in [1.54, 1.807) is 9.80 Å². The molecule has 12 nitrogen and oxygen atoms in total. The molecule has 1 aliphatic heterocycles. The number of fused-ring (bicyclic) bond motifs is 1. The fourth-order valence-corrected chi connectivity index (χ4v) is 5.18. The van der Waals surface area contributed by atoms with Crippen LogP contribution < -0.4 is 5.73 Å². The van der Waals surface area contributed by atoms with Crippen LogP contribution in [-0.4, -0.2) is 122 Å². The number of carboxylic acids is 4. The van der Waals surface area contributed by atoms with E-state index < -0.39 is 42.5 Å². The second-order valence-electron chi connectivity index (χ2n) is 8.42. The molecule has 1 aliphatic carbocycles. The summed E-state index contributed by atoms with van der Waals surface area (Å²) in [5.74, 6) is -4.57. The van der Waals surface area contributed by atoms with E-state index in [4.69, 9.17) is 5.73 Å². The molecule has 2 aliphatic rings. The Balaban J connectivity index is 2.58. The molecule has 2 atom stereocenters. The number of nitrogens with zero attached hydrogens (tertiary/aromatic N) is 3. The lowest BCUT2D eigenvalue weighted by Crippen LogP contribution is -2.63. The van der Waals surface area contributed by atoms with E-state index in [2.05, 4.69) is 0 Å². The molecular formula is C19H32N4O8. The molecule has 0 aromatic heterocycles. The molecule has 1 saturated heterocycles. The van der Waals surface area contributed by atoms with Crippen LogP contribution in [0.1, 0.15) is 32.1 Å². The Morgan fingerprint density at radius 1 is 0.806 bits per heavy atom. The highest BCUT2D eigenvalue weighted by Crippen LogP contribution is 2.35. The fourth-order valence-electron chi connectivity index (χ4n) is 5.18. The van der Waals surface area contributed by atoms with Gasteiger partial charge in [-0.05, 0) is 25.8 Å². The molecule has 31 heavy (non-hydrogen) atoms. The van der Waals surface area contributed by atoms with Crippen LogP contribution in [0.5, 0.6) is 0 Å². The summed E-state index contributed by atoms with van der Waals surface area (Å²) in [5, 5.41) is 37.9. The minimum atomic E-state index is -1.23. The van der Waals surface area contributed by atoms with Gasteiger partial charge in [0.15, 0.2) is 0 Å². The highest BCUT2D eigenvalue weighted by molar-refractivity contribution is 5.73. The van der Waals surface area contributed by atoms with Crippen LogP contribution in [0.15, 0.2) is 0 Å². The lowest BCUT2D eigenvalue weighted by Gasteiger charge is -2.45. The lowest BCUT2D eigenvalue weighted by molar-refractivity contribution is -0.148. The fraction of sp³-hybridized carbons (Fsp3) is 0.789. The molecule has 0 aromatic carbocycles. The van der Waals surface area contributed by atoms with Gasteiger partial charge >= 0.3 is 23.9 Å². The molecule has 1 heterocycles. The molecule has 176 valence electrons. The zero-order valence-corrected chi connectivity index (χ0v) is 17.5. The third-order valence-corrected chi connectivity index (χ3v) is 6.24. The Morgan fingerprint density at radius 3 is 1.55 bits per heavy atom. The normalized spacial score (nSPS) is 27.4. The number of carboxylic acid groups (broad SMARTS) is 4. The average molecular weight is 444 g/mol. The van der Waals surface area contributed by atoms with Gasteiger partial charge in [0.2, 0.25) is 0 Å². The molecule has 0 radical (unpaired) electrons. The smallest absolute Gasteiger partial charge is 0.317 e. The summed E-state index contributed by atoms with van der Waals surface area (Å²) in [6.45, 7) is -1.48. The van der Waals surface area contributed by atoms with Crippen molar-refractivity contribution in [2.75, 3.05) is 45.8 Å². The summed E-state index contributed by atoms with van der Waals surface area (Å²) in [5.41, 5.74) is 4.71. The minimum absolute atomic E-state index is 0.0916. The van der Waals surface area contributed by atoms with Crippen LogP contribution in [0, 0.1) is 0 Å². The molecule has 2 unspecified atom stereocenters. The van der Waals surface area contributed by atoms with Crippen molar-refractivity contribution in [1.82, 2.24) is 14.7 Å². The van der Waals surface area contributed by atoms with E-state index >= 15 is 0 Å². The third kappa shape index (κ3) is 6.60. The summed E-state index contributed by atoms with van der Waals surface area (Å²) in [6, 6.07) is -0.444. The molecule has 2 fully saturated rings. The highest BCUT2D eigenvalue weighted by Gasteiger charge is 2.49. The molecule has 6 N–H and O–H groups in total. The Labute approximate surface area is 180 Å². The monoisotopic (exact) mass is 444 g/mol. The second kappa shape index (κ2) is 10.8. The zero-order chi connectivity index (χ0) is 23.2. The Kier molecular flexibility index (Phi) is 8.74. The van der Waals surface area contributed by atoms with Gasteiger partial charge in [0.1, 0.15) is 0 Å². The van der Waals surface area contributed by atoms with Crippen molar-refractivity contribution in [1.29, 1.82) is 0 Å². The van der Waals surface area contributed by atoms with E-state index in [0.29, 0.717) is 12.8 Å². The molecular weight excluding hydrogens is 412 g/mol. The number of hydrogen-bond acceptors (Lipinski definition) is 8. The largest absolute Gasteiger partial charge is 0.480 e. The molecule has 0 aromatic rings. The third-order valence-electron chi connectivity index (χ3n) is 6.24. The van der Waals surface area contributed by atoms with Crippen molar-refractivity contribution in [3.63, 3.8) is 0 Å². The van der Waals surface area contributed by atoms with Gasteiger partial charge in [-0.2, -0.15) is 0 Å². The average Bonchev–Trinajstić information content (AvgIpc) is 2.76. The summed E-state index contributed by atoms with van der Waals surface area (Å²) < 4.78 is 0. The molecule has 0 amide bonds. The molecule has 1 saturated carbocycles. The van der Waals surface area contributed by atoms with Crippen molar-refractivity contribution < 1.29 is 39.6 Å². The Hall–Kier alpha value is -2.28. The van der Waals surface area contributed by atoms with Gasteiger partial charge in [-0.15, -0.1) is 0 Å². The van der Waals surface area contributed by atoms with Gasteiger partial charge in [0, 0.05) is 30.7 Å². The van der Waals surface area contributed by atoms with Gasteiger partial charge in [-0.3, -0.25) is 33.9 Å². The van der Waals surface area contributed by atoms with E-state index in [1.807, 2.05) is 0 Å². The maximum Gasteiger partial charge on any atom is 0.317 e. The van der Waals surface area contributed by atoms with E-state index in [0.717, 1.165) is 12.8 Å². The highest BCUT2D eigenvalue weighted by atomic mass is 16.4. The standard InChI is InChI=1S/C19H32N4O8/c20-6-5-19(23(9-17(28)29)10-18(30)31)11-21(7-15(24)25)13-3-1-2-4-14(13)22(12-19)8-16(26)27/h13-14H,1-12,20H2,(H,24,25)(H,26,27)(H,28,29)(H,30,31). The Morgan fingerprint density at radius 2 is 1.23 bits per heavy atom. The van der Waals surface area contributed by atoms with Crippen molar-refractivity contribution in [2.24, 2.45) is 5.73 Å². The van der Waals surface area contributed by atoms with Crippen molar-refractivity contribution in [2.45, 2.75) is 49.7 Å². The van der Waals surface area contributed by atoms with Gasteiger partial charge in [-0.25, -0.2) is 0 Å². The summed E-state index contributed by atoms with van der Waals surface area (Å²) in [4.78, 5) is 51.2. The predicted molar refractivity (Wildman–Crippen MR) is 108 cm³/mol. The molecule has 2 rings (SSSR count). The maximum absolute atomic E-state index is 11.6. The quantitative estimate of drug-likeness (QED) is 0.252. The summed E-state index contributed by atoms with van der Waals surface area (Å²) >= 11 is 0. The van der Waals surface area contributed by atoms with E-state index in [-0.39, 0.29) is 51.2 Å². The van der Waals surface area contributed by atoms with Crippen molar-refractivity contribution >= 4 is 23.9 Å². The molecule has 12 heteroatoms. The van der Waals surface area contributed by atoms with Crippen LogP contribution in [0.4, 0.5) is 0 Å². The number of carbonyl (C=O) groups is 4. The van der Waals surface area contributed by atoms with E-state index in [1.165, 1.54) is 4.90 Å². The minimum Gasteiger partial charge on any atom is -0.480 e. The topological polar surface area (TPSA) is 185 Å². The van der Waals surface area contributed by atoms with Crippen molar-refractivity contribution in [3.8, 4) is 0 Å². The van der Waals surface area contributed by atoms with Crippen LogP contribution in [0.25, 0.3) is 0 Å². The maximum atomic E-state index is 11.6. The van der Waals surface area contributed by atoms with Crippen LogP contribution in [0.3, 0.4) is 0 Å². The number of aliphatic carboxylic acids is 4. The first-order chi connectivity index (χ1) is 14.6. The number of rotatable bonds is 11. The molecule has 0 spiro atoms. The van der Waals surface area contributed by atoms with E-state index in [9.17, 15) is 39.6 Å². The van der Waals surface area contributed by atoms with Gasteiger partial charge in [-0.1, -0.05) is 12.8 Å². The first-order valence-corrected chi connectivity index (χ1v) is 10.4. The van der Waals surface area contributed by atoms with Crippen LogP contribution in [0.2, 0.25) is 0 Å². The van der Waals surface area contributed by atoms with Crippen LogP contribution >= 0.6 is 0 Å².